The van der Waals surface area contributed by atoms with Gasteiger partial charge < -0.3 is 4.40 Å². The van der Waals surface area contributed by atoms with Crippen LogP contribution in [0.5, 0.6) is 0 Å². The predicted octanol–water partition coefficient (Wildman–Crippen LogP) is 1.47. The lowest BCUT2D eigenvalue weighted by molar-refractivity contribution is -0.116. The SMILES string of the molecule is CC(=O)Cc1ccn2cncc2c1. The first-order valence-corrected chi connectivity index (χ1v) is 4.16. The van der Waals surface area contributed by atoms with Gasteiger partial charge in [-0.2, -0.15) is 0 Å². The summed E-state index contributed by atoms with van der Waals surface area (Å²) in [6.07, 6.45) is 5.94. The van der Waals surface area contributed by atoms with Crippen LogP contribution in [0, 0.1) is 0 Å². The summed E-state index contributed by atoms with van der Waals surface area (Å²) < 4.78 is 1.92. The van der Waals surface area contributed by atoms with Crippen molar-refractivity contribution in [1.29, 1.82) is 0 Å². The first-order valence-electron chi connectivity index (χ1n) is 4.16. The zero-order valence-corrected chi connectivity index (χ0v) is 7.40. The minimum Gasteiger partial charge on any atom is -0.306 e. The third-order valence-electron chi connectivity index (χ3n) is 1.93. The molecule has 0 N–H and O–H groups in total. The maximum absolute atomic E-state index is 10.9. The van der Waals surface area contributed by atoms with E-state index in [0.29, 0.717) is 6.42 Å². The summed E-state index contributed by atoms with van der Waals surface area (Å²) >= 11 is 0. The van der Waals surface area contributed by atoms with E-state index in [2.05, 4.69) is 4.98 Å². The number of rotatable bonds is 2. The first-order chi connectivity index (χ1) is 6.25. The molecule has 2 rings (SSSR count). The molecule has 0 radical (unpaired) electrons. The highest BCUT2D eigenvalue weighted by Crippen LogP contribution is 2.07. The molecule has 13 heavy (non-hydrogen) atoms. The quantitative estimate of drug-likeness (QED) is 0.690. The van der Waals surface area contributed by atoms with E-state index in [1.807, 2.05) is 22.7 Å². The summed E-state index contributed by atoms with van der Waals surface area (Å²) in [6.45, 7) is 1.60. The van der Waals surface area contributed by atoms with Crippen LogP contribution in [-0.4, -0.2) is 15.2 Å². The fourth-order valence-electron chi connectivity index (χ4n) is 1.36. The van der Waals surface area contributed by atoms with Gasteiger partial charge in [0.1, 0.15) is 5.78 Å². The van der Waals surface area contributed by atoms with Crippen molar-refractivity contribution in [3.63, 3.8) is 0 Å². The molecule has 2 aromatic rings. The molecule has 0 saturated carbocycles. The van der Waals surface area contributed by atoms with E-state index in [9.17, 15) is 4.79 Å². The van der Waals surface area contributed by atoms with Gasteiger partial charge >= 0.3 is 0 Å². The number of aromatic nitrogens is 2. The molecule has 0 unspecified atom stereocenters. The standard InChI is InChI=1S/C10H10N2O/c1-8(13)4-9-2-3-12-7-11-6-10(12)5-9/h2-3,5-7H,4H2,1H3. The number of ketones is 1. The van der Waals surface area contributed by atoms with Crippen molar-refractivity contribution in [3.8, 4) is 0 Å². The summed E-state index contributed by atoms with van der Waals surface area (Å²) in [5.41, 5.74) is 2.07. The van der Waals surface area contributed by atoms with Crippen LogP contribution in [0.2, 0.25) is 0 Å². The Hall–Kier alpha value is -1.64. The zero-order valence-electron chi connectivity index (χ0n) is 7.40. The molecule has 2 aromatic heterocycles. The molecule has 0 atom stereocenters. The molecule has 0 aliphatic heterocycles. The van der Waals surface area contributed by atoms with Crippen LogP contribution in [-0.2, 0) is 11.2 Å². The molecule has 0 saturated heterocycles. The molecule has 66 valence electrons. The van der Waals surface area contributed by atoms with Crippen molar-refractivity contribution in [2.75, 3.05) is 0 Å². The number of fused-ring (bicyclic) bond motifs is 1. The zero-order chi connectivity index (χ0) is 9.26. The minimum atomic E-state index is 0.184. The van der Waals surface area contributed by atoms with Gasteiger partial charge in [0, 0.05) is 12.6 Å². The van der Waals surface area contributed by atoms with E-state index in [1.54, 1.807) is 19.4 Å². The summed E-state index contributed by atoms with van der Waals surface area (Å²) in [7, 11) is 0. The summed E-state index contributed by atoms with van der Waals surface area (Å²) in [6, 6.07) is 3.92. The van der Waals surface area contributed by atoms with Crippen molar-refractivity contribution < 1.29 is 4.79 Å². The summed E-state index contributed by atoms with van der Waals surface area (Å²) in [5.74, 6) is 0.184. The second kappa shape index (κ2) is 3.01. The number of pyridine rings is 1. The molecule has 0 aliphatic rings. The number of hydrogen-bond donors (Lipinski definition) is 0. The van der Waals surface area contributed by atoms with Gasteiger partial charge in [0.25, 0.3) is 0 Å². The number of hydrogen-bond acceptors (Lipinski definition) is 2. The van der Waals surface area contributed by atoms with Gasteiger partial charge in [-0.1, -0.05) is 0 Å². The van der Waals surface area contributed by atoms with E-state index < -0.39 is 0 Å². The van der Waals surface area contributed by atoms with E-state index in [4.69, 9.17) is 0 Å². The smallest absolute Gasteiger partial charge is 0.134 e. The highest BCUT2D eigenvalue weighted by molar-refractivity contribution is 5.78. The third kappa shape index (κ3) is 1.59. The molecular weight excluding hydrogens is 164 g/mol. The van der Waals surface area contributed by atoms with Crippen LogP contribution in [0.1, 0.15) is 12.5 Å². The number of carbonyl (C=O) groups is 1. The fourth-order valence-corrected chi connectivity index (χ4v) is 1.36. The van der Waals surface area contributed by atoms with Gasteiger partial charge in [0.15, 0.2) is 0 Å². The van der Waals surface area contributed by atoms with E-state index in [-0.39, 0.29) is 5.78 Å². The minimum absolute atomic E-state index is 0.184. The summed E-state index contributed by atoms with van der Waals surface area (Å²) in [4.78, 5) is 14.9. The lowest BCUT2D eigenvalue weighted by Gasteiger charge is -1.98. The van der Waals surface area contributed by atoms with Gasteiger partial charge in [-0.05, 0) is 24.6 Å². The Morgan fingerprint density at radius 3 is 3.23 bits per heavy atom. The Morgan fingerprint density at radius 2 is 2.46 bits per heavy atom. The predicted molar refractivity (Wildman–Crippen MR) is 49.6 cm³/mol. The van der Waals surface area contributed by atoms with Crippen molar-refractivity contribution in [2.24, 2.45) is 0 Å². The topological polar surface area (TPSA) is 34.4 Å². The Labute approximate surface area is 76.0 Å². The van der Waals surface area contributed by atoms with Gasteiger partial charge in [-0.3, -0.25) is 4.79 Å². The Balaban J connectivity index is 2.42. The maximum Gasteiger partial charge on any atom is 0.134 e. The average Bonchev–Trinajstić information content (AvgIpc) is 2.49. The van der Waals surface area contributed by atoms with Crippen LogP contribution in [0.15, 0.2) is 30.9 Å². The molecule has 0 aromatic carbocycles. The van der Waals surface area contributed by atoms with Crippen molar-refractivity contribution in [3.05, 3.63) is 36.4 Å². The Morgan fingerprint density at radius 1 is 1.62 bits per heavy atom. The second-order valence-electron chi connectivity index (χ2n) is 3.14. The molecule has 0 aliphatic carbocycles. The largest absolute Gasteiger partial charge is 0.306 e. The Bertz CT molecular complexity index is 445. The van der Waals surface area contributed by atoms with Crippen LogP contribution in [0.25, 0.3) is 5.52 Å². The van der Waals surface area contributed by atoms with E-state index >= 15 is 0 Å². The number of imidazole rings is 1. The first kappa shape index (κ1) is 7.98. The van der Waals surface area contributed by atoms with E-state index in [0.717, 1.165) is 11.1 Å². The normalized spacial score (nSPS) is 10.5. The number of nitrogens with zero attached hydrogens (tertiary/aromatic N) is 2. The number of Topliss-reactive ketones (excluding diaryl/α,β-unsaturated/α-hetero) is 1. The molecule has 0 spiro atoms. The van der Waals surface area contributed by atoms with Crippen LogP contribution < -0.4 is 0 Å². The summed E-state index contributed by atoms with van der Waals surface area (Å²) in [5, 5.41) is 0. The lowest BCUT2D eigenvalue weighted by Crippen LogP contribution is -1.96. The highest BCUT2D eigenvalue weighted by Gasteiger charge is 1.99. The Kier molecular flexibility index (Phi) is 1.85. The number of carbonyl (C=O) groups excluding carboxylic acids is 1. The maximum atomic E-state index is 10.9. The van der Waals surface area contributed by atoms with Crippen molar-refractivity contribution in [1.82, 2.24) is 9.38 Å². The fraction of sp³-hybridized carbons (Fsp3) is 0.200. The molecule has 2 heterocycles. The highest BCUT2D eigenvalue weighted by atomic mass is 16.1. The van der Waals surface area contributed by atoms with Gasteiger partial charge in [-0.15, -0.1) is 0 Å². The van der Waals surface area contributed by atoms with Crippen molar-refractivity contribution >= 4 is 11.3 Å². The average molecular weight is 174 g/mol. The lowest BCUT2D eigenvalue weighted by atomic mass is 10.1. The molecule has 0 bridgehead atoms. The third-order valence-corrected chi connectivity index (χ3v) is 1.93. The molecule has 3 heteroatoms. The monoisotopic (exact) mass is 174 g/mol. The van der Waals surface area contributed by atoms with Gasteiger partial charge in [0.05, 0.1) is 18.0 Å². The van der Waals surface area contributed by atoms with Crippen LogP contribution in [0.3, 0.4) is 0 Å². The molecule has 0 fully saturated rings. The molecule has 3 nitrogen and oxygen atoms in total. The van der Waals surface area contributed by atoms with Gasteiger partial charge in [-0.25, -0.2) is 4.98 Å². The van der Waals surface area contributed by atoms with Crippen molar-refractivity contribution in [2.45, 2.75) is 13.3 Å². The molecule has 0 amide bonds. The molecular formula is C10H10N2O. The van der Waals surface area contributed by atoms with Crippen LogP contribution >= 0.6 is 0 Å². The second-order valence-corrected chi connectivity index (χ2v) is 3.14. The van der Waals surface area contributed by atoms with Crippen LogP contribution in [0.4, 0.5) is 0 Å². The van der Waals surface area contributed by atoms with E-state index in [1.165, 1.54) is 0 Å². The van der Waals surface area contributed by atoms with Gasteiger partial charge in [0.2, 0.25) is 0 Å².